The Bertz CT molecular complexity index is 913. The second-order valence-corrected chi connectivity index (χ2v) is 15.3. The van der Waals surface area contributed by atoms with E-state index < -0.39 is 5.60 Å². The van der Waals surface area contributed by atoms with Crippen molar-refractivity contribution < 1.29 is 14.7 Å². The fourth-order valence-corrected chi connectivity index (χ4v) is 9.73. The first-order valence-electron chi connectivity index (χ1n) is 18.1. The molecule has 5 atom stereocenters. The molecule has 2 fully saturated rings. The number of hydrogen-bond acceptors (Lipinski definition) is 2. The summed E-state index contributed by atoms with van der Waals surface area (Å²) in [5, 5.41) is 22.3. The van der Waals surface area contributed by atoms with Crippen LogP contribution in [0.15, 0.2) is 18.2 Å². The molecule has 2 saturated carbocycles. The number of unbranched alkanes of at least 4 members (excludes halogenated alkanes) is 10. The van der Waals surface area contributed by atoms with Crippen LogP contribution >= 0.6 is 0 Å². The fraction of sp³-hybridized carbons (Fsp3) is 0.842. The van der Waals surface area contributed by atoms with E-state index in [1.807, 2.05) is 12.1 Å². The molecule has 4 rings (SSSR count). The van der Waals surface area contributed by atoms with E-state index in [4.69, 9.17) is 0 Å². The molecule has 0 bridgehead atoms. The molecule has 1 aromatic carbocycles. The first-order chi connectivity index (χ1) is 19.8. The lowest BCUT2D eigenvalue weighted by Crippen LogP contribution is -2.52. The maximum Gasteiger partial charge on any atom is 0.115 e. The molecule has 0 aromatic heterocycles. The van der Waals surface area contributed by atoms with Crippen molar-refractivity contribution >= 4 is 0 Å². The number of aryl methyl sites for hydroxylation is 1. The number of aliphatic hydroxyl groups is 1. The summed E-state index contributed by atoms with van der Waals surface area (Å²) in [5.74, 6) is 2.37. The van der Waals surface area contributed by atoms with E-state index in [1.165, 1.54) is 132 Å². The molecule has 0 unspecified atom stereocenters. The number of phenolic OH excluding ortho intramolecular Hbond substituents is 1. The lowest BCUT2D eigenvalue weighted by Gasteiger charge is -2.53. The molecule has 41 heavy (non-hydrogen) atoms. The van der Waals surface area contributed by atoms with Crippen molar-refractivity contribution in [3.63, 3.8) is 0 Å². The second kappa shape index (κ2) is 15.1. The average Bonchev–Trinajstić information content (AvgIpc) is 3.22. The van der Waals surface area contributed by atoms with Crippen LogP contribution < -0.4 is 0 Å². The van der Waals surface area contributed by atoms with Crippen molar-refractivity contribution in [3.8, 4) is 5.75 Å². The number of hydrogen-bond donors (Lipinski definition) is 2. The van der Waals surface area contributed by atoms with Crippen molar-refractivity contribution in [1.29, 1.82) is 0 Å². The predicted octanol–water partition coefficient (Wildman–Crippen LogP) is 9.93. The summed E-state index contributed by atoms with van der Waals surface area (Å²) in [6.45, 7) is 10.9. The maximum absolute atomic E-state index is 12.3. The standard InChI is InChI=1S/C38H65NO2/c1-5-7-9-11-13-15-27-39(4,28-16-14-12-10-8-6-2)29-17-24-38(41)26-23-36-35-20-18-31-30-32(40)19-21-33(31)34(35)22-25-37(36,38)3/h19,21,30,34-36,41H,5-18,20,22-29H2,1-4H3/p+1/t34-,35-,36+,37+,38+/m1/s1. The summed E-state index contributed by atoms with van der Waals surface area (Å²) in [7, 11) is 2.53. The summed E-state index contributed by atoms with van der Waals surface area (Å²) in [6.07, 6.45) is 25.5. The molecule has 0 aliphatic heterocycles. The largest absolute Gasteiger partial charge is 0.508 e. The smallest absolute Gasteiger partial charge is 0.115 e. The van der Waals surface area contributed by atoms with Crippen molar-refractivity contribution in [1.82, 2.24) is 0 Å². The minimum absolute atomic E-state index is 0.0601. The van der Waals surface area contributed by atoms with Crippen molar-refractivity contribution in [3.05, 3.63) is 29.3 Å². The van der Waals surface area contributed by atoms with Gasteiger partial charge in [0.2, 0.25) is 0 Å². The molecule has 3 heteroatoms. The van der Waals surface area contributed by atoms with Crippen LogP contribution in [0, 0.1) is 17.3 Å². The van der Waals surface area contributed by atoms with E-state index >= 15 is 0 Å². The monoisotopic (exact) mass is 569 g/mol. The van der Waals surface area contributed by atoms with Gasteiger partial charge in [0.15, 0.2) is 0 Å². The van der Waals surface area contributed by atoms with Crippen LogP contribution in [0.1, 0.15) is 160 Å². The zero-order valence-electron chi connectivity index (χ0n) is 27.6. The molecule has 0 saturated heterocycles. The van der Waals surface area contributed by atoms with Crippen LogP contribution in [-0.2, 0) is 6.42 Å². The third kappa shape index (κ3) is 7.91. The van der Waals surface area contributed by atoms with E-state index in [-0.39, 0.29) is 5.41 Å². The number of phenols is 1. The van der Waals surface area contributed by atoms with Gasteiger partial charge in [0.25, 0.3) is 0 Å². The zero-order chi connectivity index (χ0) is 29.3. The SMILES string of the molecule is CCCCCCCC[N+](C)(CCCCCCCC)CCC[C@]1(O)CC[C@H]2[C@@H]3CCc4cc(O)ccc4[C@H]3CC[C@@]21C. The summed E-state index contributed by atoms with van der Waals surface area (Å²) in [5.41, 5.74) is 2.43. The fourth-order valence-electron chi connectivity index (χ4n) is 9.73. The normalized spacial score (nSPS) is 29.2. The molecule has 1 aromatic rings. The molecule has 2 N–H and O–H groups in total. The third-order valence-electron chi connectivity index (χ3n) is 12.4. The first kappa shape index (κ1) is 32.8. The van der Waals surface area contributed by atoms with Crippen molar-refractivity contribution in [2.24, 2.45) is 17.3 Å². The molecule has 3 aliphatic rings. The Morgan fingerprint density at radius 2 is 1.39 bits per heavy atom. The number of nitrogens with zero attached hydrogens (tertiary/aromatic N) is 1. The van der Waals surface area contributed by atoms with Gasteiger partial charge in [-0.15, -0.1) is 0 Å². The predicted molar refractivity (Wildman–Crippen MR) is 174 cm³/mol. The van der Waals surface area contributed by atoms with E-state index in [2.05, 4.69) is 33.9 Å². The Morgan fingerprint density at radius 3 is 2.05 bits per heavy atom. The van der Waals surface area contributed by atoms with E-state index in [0.717, 1.165) is 32.1 Å². The lowest BCUT2D eigenvalue weighted by atomic mass is 9.53. The Hall–Kier alpha value is -1.06. The summed E-state index contributed by atoms with van der Waals surface area (Å²) >= 11 is 0. The second-order valence-electron chi connectivity index (χ2n) is 15.3. The highest BCUT2D eigenvalue weighted by molar-refractivity contribution is 5.40. The van der Waals surface area contributed by atoms with Gasteiger partial charge in [0.1, 0.15) is 5.75 Å². The summed E-state index contributed by atoms with van der Waals surface area (Å²) < 4.78 is 1.21. The third-order valence-corrected chi connectivity index (χ3v) is 12.4. The zero-order valence-corrected chi connectivity index (χ0v) is 27.6. The van der Waals surface area contributed by atoms with Crippen molar-refractivity contribution in [2.75, 3.05) is 26.7 Å². The minimum atomic E-state index is -0.497. The molecule has 0 spiro atoms. The van der Waals surface area contributed by atoms with Gasteiger partial charge in [0, 0.05) is 0 Å². The number of aromatic hydroxyl groups is 1. The molecule has 0 amide bonds. The first-order valence-corrected chi connectivity index (χ1v) is 18.1. The molecule has 3 aliphatic carbocycles. The summed E-state index contributed by atoms with van der Waals surface area (Å²) in [4.78, 5) is 0. The van der Waals surface area contributed by atoms with Gasteiger partial charge in [-0.2, -0.15) is 0 Å². The highest BCUT2D eigenvalue weighted by Crippen LogP contribution is 2.65. The Labute approximate surface area is 254 Å². The molecular weight excluding hydrogens is 502 g/mol. The van der Waals surface area contributed by atoms with Crippen LogP contribution in [0.5, 0.6) is 5.75 Å². The Kier molecular flexibility index (Phi) is 12.1. The molecule has 0 heterocycles. The van der Waals surface area contributed by atoms with Gasteiger partial charge in [-0.1, -0.05) is 78.2 Å². The van der Waals surface area contributed by atoms with Gasteiger partial charge in [-0.05, 0) is 123 Å². The van der Waals surface area contributed by atoms with Gasteiger partial charge in [0.05, 0.1) is 32.3 Å². The molecule has 234 valence electrons. The van der Waals surface area contributed by atoms with Crippen LogP contribution in [0.25, 0.3) is 0 Å². The molecule has 0 radical (unpaired) electrons. The number of rotatable bonds is 18. The molecule has 3 nitrogen and oxygen atoms in total. The van der Waals surface area contributed by atoms with Gasteiger partial charge in [-0.3, -0.25) is 0 Å². The van der Waals surface area contributed by atoms with E-state index in [1.54, 1.807) is 0 Å². The van der Waals surface area contributed by atoms with E-state index in [0.29, 0.717) is 23.5 Å². The number of benzene rings is 1. The Balaban J connectivity index is 1.33. The minimum Gasteiger partial charge on any atom is -0.508 e. The summed E-state index contributed by atoms with van der Waals surface area (Å²) in [6, 6.07) is 6.11. The van der Waals surface area contributed by atoms with Crippen LogP contribution in [0.4, 0.5) is 0 Å². The quantitative estimate of drug-likeness (QED) is 0.137. The highest BCUT2D eigenvalue weighted by atomic mass is 16.3. The highest BCUT2D eigenvalue weighted by Gasteiger charge is 2.61. The van der Waals surface area contributed by atoms with Crippen molar-refractivity contribution in [2.45, 2.75) is 161 Å². The Morgan fingerprint density at radius 1 is 0.780 bits per heavy atom. The number of fused-ring (bicyclic) bond motifs is 5. The van der Waals surface area contributed by atoms with Gasteiger partial charge >= 0.3 is 0 Å². The topological polar surface area (TPSA) is 40.5 Å². The van der Waals surface area contributed by atoms with Gasteiger partial charge < -0.3 is 14.7 Å². The lowest BCUT2D eigenvalue weighted by molar-refractivity contribution is -0.910. The number of quaternary nitrogens is 1. The maximum atomic E-state index is 12.3. The van der Waals surface area contributed by atoms with Crippen LogP contribution in [0.3, 0.4) is 0 Å². The van der Waals surface area contributed by atoms with Crippen LogP contribution in [-0.4, -0.2) is 47.0 Å². The van der Waals surface area contributed by atoms with Gasteiger partial charge in [-0.25, -0.2) is 0 Å². The molecular formula is C38H66NO2+. The van der Waals surface area contributed by atoms with E-state index in [9.17, 15) is 10.2 Å². The average molecular weight is 569 g/mol. The van der Waals surface area contributed by atoms with Crippen LogP contribution in [0.2, 0.25) is 0 Å².